The van der Waals surface area contributed by atoms with Crippen molar-refractivity contribution in [3.8, 4) is 5.75 Å². The van der Waals surface area contributed by atoms with Gasteiger partial charge in [0, 0.05) is 35.4 Å². The average Bonchev–Trinajstić information content (AvgIpc) is 3.38. The average molecular weight is 634 g/mol. The Balaban J connectivity index is 1.54. The van der Waals surface area contributed by atoms with Gasteiger partial charge < -0.3 is 28.4 Å². The lowest BCUT2D eigenvalue weighted by atomic mass is 10.0. The van der Waals surface area contributed by atoms with E-state index >= 15 is 0 Å². The van der Waals surface area contributed by atoms with Crippen LogP contribution in [0.2, 0.25) is 0 Å². The van der Waals surface area contributed by atoms with Gasteiger partial charge in [0.15, 0.2) is 0 Å². The fourth-order valence-corrected chi connectivity index (χ4v) is 5.58. The minimum Gasteiger partial charge on any atom is -0.489 e. The van der Waals surface area contributed by atoms with Gasteiger partial charge in [-0.15, -0.1) is 0 Å². The molecule has 1 fully saturated rings. The van der Waals surface area contributed by atoms with Gasteiger partial charge in [0.2, 0.25) is 5.78 Å². The number of esters is 1. The number of hydrogen-bond donors (Lipinski definition) is 0. The highest BCUT2D eigenvalue weighted by Crippen LogP contribution is 2.26. The molecule has 0 spiro atoms. The lowest BCUT2D eigenvalue weighted by Gasteiger charge is -2.34. The molecule has 1 atom stereocenters. The summed E-state index contributed by atoms with van der Waals surface area (Å²) in [6.07, 6.45) is 5.48. The largest absolute Gasteiger partial charge is 0.489 e. The van der Waals surface area contributed by atoms with Crippen LogP contribution >= 0.6 is 0 Å². The number of ketones is 1. The summed E-state index contributed by atoms with van der Waals surface area (Å²) in [6, 6.07) is 12.3. The minimum absolute atomic E-state index is 0.125. The normalized spacial score (nSPS) is 15.1. The van der Waals surface area contributed by atoms with Crippen molar-refractivity contribution in [2.24, 2.45) is 0 Å². The maximum absolute atomic E-state index is 14.0. The van der Waals surface area contributed by atoms with Crippen molar-refractivity contribution in [2.75, 3.05) is 26.7 Å². The van der Waals surface area contributed by atoms with Crippen LogP contribution in [0.25, 0.3) is 5.52 Å². The van der Waals surface area contributed by atoms with Crippen LogP contribution in [0.1, 0.15) is 99.2 Å². The number of aryl methyl sites for hydroxylation is 1. The number of amides is 2. The highest BCUT2D eigenvalue weighted by molar-refractivity contribution is 6.10. The molecule has 0 unspecified atom stereocenters. The molecule has 0 N–H and O–H groups in total. The van der Waals surface area contributed by atoms with Crippen LogP contribution in [0, 0.1) is 0 Å². The first-order chi connectivity index (χ1) is 21.8. The topological polar surface area (TPSA) is 107 Å². The molecule has 10 nitrogen and oxygen atoms in total. The fourth-order valence-electron chi connectivity index (χ4n) is 5.58. The van der Waals surface area contributed by atoms with Crippen LogP contribution in [-0.4, -0.2) is 82.4 Å². The number of hydrogen-bond acceptors (Lipinski definition) is 7. The Bertz CT molecular complexity index is 1550. The van der Waals surface area contributed by atoms with Gasteiger partial charge in [-0.3, -0.25) is 14.4 Å². The summed E-state index contributed by atoms with van der Waals surface area (Å²) in [7, 11) is 1.30. The molecule has 10 heteroatoms. The van der Waals surface area contributed by atoms with Crippen LogP contribution in [0.3, 0.4) is 0 Å². The first kappa shape index (κ1) is 34.5. The second-order valence-corrected chi connectivity index (χ2v) is 13.1. The smallest absolute Gasteiger partial charge is 0.410 e. The van der Waals surface area contributed by atoms with Gasteiger partial charge in [-0.25, -0.2) is 4.79 Å². The third kappa shape index (κ3) is 8.47. The molecular formula is C36H47N3O7. The monoisotopic (exact) mass is 633 g/mol. The van der Waals surface area contributed by atoms with Crippen molar-refractivity contribution < 1.29 is 33.4 Å². The SMILES string of the molecule is CCCCc1cc2cc(C(=O)N(CC(=O)OC)C(C)C)ccn2c1C(=O)c1ccc(O[C@@H]2CCCN(C(=O)OC(C)(C)C)C2)cc1. The highest BCUT2D eigenvalue weighted by atomic mass is 16.6. The van der Waals surface area contributed by atoms with Gasteiger partial charge in [-0.2, -0.15) is 0 Å². The summed E-state index contributed by atoms with van der Waals surface area (Å²) in [5.41, 5.74) is 2.60. The maximum Gasteiger partial charge on any atom is 0.410 e. The Morgan fingerprint density at radius 3 is 2.37 bits per heavy atom. The molecule has 46 heavy (non-hydrogen) atoms. The predicted molar refractivity (Wildman–Crippen MR) is 176 cm³/mol. The van der Waals surface area contributed by atoms with E-state index in [1.807, 2.05) is 45.1 Å². The molecule has 248 valence electrons. The molecule has 2 amide bonds. The molecule has 1 aliphatic rings. The van der Waals surface area contributed by atoms with Crippen molar-refractivity contribution >= 4 is 29.3 Å². The standard InChI is InChI=1S/C36H47N3O7/c1-8-9-11-26-20-28-21-27(34(42)39(24(2)3)23-31(40)44-7)17-19-38(28)32(26)33(41)25-13-15-29(16-14-25)45-30-12-10-18-37(22-30)35(43)46-36(4,5)6/h13-17,19-21,24,30H,8-12,18,22-23H2,1-7H3/t30-/m1/s1. The first-order valence-electron chi connectivity index (χ1n) is 16.1. The number of unbranched alkanes of at least 4 members (excludes halogenated alkanes) is 1. The lowest BCUT2D eigenvalue weighted by molar-refractivity contribution is -0.141. The molecule has 4 rings (SSSR count). The van der Waals surface area contributed by atoms with Crippen molar-refractivity contribution in [1.29, 1.82) is 0 Å². The number of likely N-dealkylation sites (tertiary alicyclic amines) is 1. The van der Waals surface area contributed by atoms with E-state index in [9.17, 15) is 19.2 Å². The van der Waals surface area contributed by atoms with E-state index in [0.717, 1.165) is 43.2 Å². The summed E-state index contributed by atoms with van der Waals surface area (Å²) in [5, 5.41) is 0. The van der Waals surface area contributed by atoms with Crippen LogP contribution in [0.4, 0.5) is 4.79 Å². The molecular weight excluding hydrogens is 586 g/mol. The minimum atomic E-state index is -0.560. The Labute approximate surface area is 271 Å². The molecule has 3 heterocycles. The summed E-state index contributed by atoms with van der Waals surface area (Å²) in [6.45, 7) is 12.3. The number of carbonyl (C=O) groups is 4. The Kier molecular flexibility index (Phi) is 11.1. The number of benzene rings is 1. The van der Waals surface area contributed by atoms with Crippen LogP contribution in [-0.2, 0) is 20.7 Å². The van der Waals surface area contributed by atoms with E-state index in [-0.39, 0.29) is 36.5 Å². The summed E-state index contributed by atoms with van der Waals surface area (Å²) in [4.78, 5) is 55.0. The molecule has 0 aliphatic carbocycles. The van der Waals surface area contributed by atoms with Crippen LogP contribution < -0.4 is 4.74 Å². The van der Waals surface area contributed by atoms with E-state index < -0.39 is 11.6 Å². The Hall–Kier alpha value is -4.34. The first-order valence-corrected chi connectivity index (χ1v) is 16.1. The summed E-state index contributed by atoms with van der Waals surface area (Å²) >= 11 is 0. The van der Waals surface area contributed by atoms with Crippen molar-refractivity contribution in [2.45, 2.75) is 91.4 Å². The number of nitrogens with zero attached hydrogens (tertiary/aromatic N) is 3. The van der Waals surface area contributed by atoms with E-state index in [4.69, 9.17) is 14.2 Å². The second kappa shape index (κ2) is 14.8. The van der Waals surface area contributed by atoms with Gasteiger partial charge in [0.1, 0.15) is 24.0 Å². The van der Waals surface area contributed by atoms with Crippen molar-refractivity contribution in [3.05, 3.63) is 71.0 Å². The van der Waals surface area contributed by atoms with Gasteiger partial charge in [-0.05, 0) is 108 Å². The Morgan fingerprint density at radius 1 is 1.02 bits per heavy atom. The van der Waals surface area contributed by atoms with E-state index in [1.54, 1.807) is 47.5 Å². The van der Waals surface area contributed by atoms with Crippen molar-refractivity contribution in [1.82, 2.24) is 14.2 Å². The number of aromatic nitrogens is 1. The van der Waals surface area contributed by atoms with Gasteiger partial charge in [-0.1, -0.05) is 13.3 Å². The third-order valence-corrected chi connectivity index (χ3v) is 7.97. The van der Waals surface area contributed by atoms with Gasteiger partial charge in [0.25, 0.3) is 5.91 Å². The Morgan fingerprint density at radius 2 is 1.74 bits per heavy atom. The summed E-state index contributed by atoms with van der Waals surface area (Å²) in [5.74, 6) is -0.267. The number of carbonyl (C=O) groups excluding carboxylic acids is 4. The predicted octanol–water partition coefficient (Wildman–Crippen LogP) is 6.31. The molecule has 1 saturated heterocycles. The molecule has 1 aromatic carbocycles. The highest BCUT2D eigenvalue weighted by Gasteiger charge is 2.29. The number of fused-ring (bicyclic) bond motifs is 1. The second-order valence-electron chi connectivity index (χ2n) is 13.1. The molecule has 0 saturated carbocycles. The number of pyridine rings is 1. The molecule has 0 bridgehead atoms. The van der Waals surface area contributed by atoms with E-state index in [0.29, 0.717) is 35.7 Å². The quantitative estimate of drug-likeness (QED) is 0.180. The maximum atomic E-state index is 14.0. The van der Waals surface area contributed by atoms with Crippen molar-refractivity contribution in [3.63, 3.8) is 0 Å². The fraction of sp³-hybridized carbons (Fsp3) is 0.500. The number of rotatable bonds is 11. The van der Waals surface area contributed by atoms with E-state index in [2.05, 4.69) is 6.92 Å². The number of methoxy groups -OCH3 is 1. The number of ether oxygens (including phenoxy) is 3. The zero-order valence-corrected chi connectivity index (χ0v) is 28.1. The van der Waals surface area contributed by atoms with E-state index in [1.165, 1.54) is 12.0 Å². The van der Waals surface area contributed by atoms with Gasteiger partial charge >= 0.3 is 12.1 Å². The van der Waals surface area contributed by atoms with Crippen LogP contribution in [0.15, 0.2) is 48.7 Å². The third-order valence-electron chi connectivity index (χ3n) is 7.97. The number of piperidine rings is 1. The lowest BCUT2D eigenvalue weighted by Crippen LogP contribution is -2.46. The molecule has 1 aliphatic heterocycles. The molecule has 2 aromatic heterocycles. The zero-order chi connectivity index (χ0) is 33.6. The summed E-state index contributed by atoms with van der Waals surface area (Å²) < 4.78 is 18.4. The zero-order valence-electron chi connectivity index (χ0n) is 28.1. The molecule has 3 aromatic rings. The van der Waals surface area contributed by atoms with Crippen LogP contribution in [0.5, 0.6) is 5.75 Å². The molecule has 0 radical (unpaired) electrons. The van der Waals surface area contributed by atoms with Gasteiger partial charge in [0.05, 0.1) is 19.3 Å².